The molecule has 3 heteroatoms. The zero-order valence-corrected chi connectivity index (χ0v) is 12.9. The highest BCUT2D eigenvalue weighted by atomic mass is 15.1. The largest absolute Gasteiger partial charge is 0.353 e. The number of aromatic nitrogens is 3. The maximum Gasteiger partial charge on any atom is 0.112 e. The van der Waals surface area contributed by atoms with Gasteiger partial charge in [0.15, 0.2) is 0 Å². The molecule has 2 N–H and O–H groups in total. The van der Waals surface area contributed by atoms with Gasteiger partial charge in [-0.15, -0.1) is 0 Å². The first-order chi connectivity index (χ1) is 10.0. The van der Waals surface area contributed by atoms with Crippen LogP contribution in [0.1, 0.15) is 37.1 Å². The Hall–Kier alpha value is -2.03. The number of hydrogen-bond donors (Lipinski definition) is 2. The summed E-state index contributed by atoms with van der Waals surface area (Å²) in [5.74, 6) is 0. The molecule has 0 aliphatic heterocycles. The lowest BCUT2D eigenvalue weighted by Crippen LogP contribution is -2.21. The standard InChI is InChI=1S/C18H21N3/c1-11-4-5-12-9-15(19-14(12)8-11)17-13-6-7-18(2,3)10-16(13)20-21-17/h4-5,8-9,19H,6-7,10H2,1-3H3,(H,20,21). The van der Waals surface area contributed by atoms with E-state index in [4.69, 9.17) is 0 Å². The van der Waals surface area contributed by atoms with Crippen molar-refractivity contribution >= 4 is 10.9 Å². The Balaban J connectivity index is 1.81. The van der Waals surface area contributed by atoms with Gasteiger partial charge < -0.3 is 4.98 Å². The smallest absolute Gasteiger partial charge is 0.112 e. The molecule has 2 aromatic heterocycles. The summed E-state index contributed by atoms with van der Waals surface area (Å²) < 4.78 is 0. The van der Waals surface area contributed by atoms with Gasteiger partial charge in [0.05, 0.1) is 5.69 Å². The summed E-state index contributed by atoms with van der Waals surface area (Å²) >= 11 is 0. The zero-order valence-electron chi connectivity index (χ0n) is 12.9. The van der Waals surface area contributed by atoms with Gasteiger partial charge >= 0.3 is 0 Å². The lowest BCUT2D eigenvalue weighted by atomic mass is 9.76. The highest BCUT2D eigenvalue weighted by Crippen LogP contribution is 2.38. The fraction of sp³-hybridized carbons (Fsp3) is 0.389. The van der Waals surface area contributed by atoms with Crippen LogP contribution in [0.5, 0.6) is 0 Å². The van der Waals surface area contributed by atoms with E-state index in [0.29, 0.717) is 5.41 Å². The van der Waals surface area contributed by atoms with Crippen molar-refractivity contribution in [3.05, 3.63) is 41.1 Å². The van der Waals surface area contributed by atoms with Crippen LogP contribution >= 0.6 is 0 Å². The second kappa shape index (κ2) is 4.23. The molecule has 0 fully saturated rings. The number of H-pyrrole nitrogens is 2. The van der Waals surface area contributed by atoms with E-state index in [0.717, 1.165) is 24.2 Å². The number of nitrogens with one attached hydrogen (secondary N) is 2. The maximum absolute atomic E-state index is 4.60. The van der Waals surface area contributed by atoms with Gasteiger partial charge in [0.1, 0.15) is 5.69 Å². The number of hydrogen-bond acceptors (Lipinski definition) is 1. The van der Waals surface area contributed by atoms with Gasteiger partial charge in [-0.25, -0.2) is 0 Å². The van der Waals surface area contributed by atoms with Crippen LogP contribution in [-0.2, 0) is 12.8 Å². The first kappa shape index (κ1) is 12.7. The molecule has 2 heterocycles. The van der Waals surface area contributed by atoms with Crippen molar-refractivity contribution in [1.82, 2.24) is 15.2 Å². The third-order valence-corrected chi connectivity index (χ3v) is 4.69. The predicted octanol–water partition coefficient (Wildman–Crippen LogP) is 4.38. The Labute approximate surface area is 124 Å². The minimum atomic E-state index is 0.383. The maximum atomic E-state index is 4.60. The van der Waals surface area contributed by atoms with Gasteiger partial charge in [-0.3, -0.25) is 5.10 Å². The molecule has 1 aliphatic rings. The van der Waals surface area contributed by atoms with E-state index in [1.54, 1.807) is 0 Å². The van der Waals surface area contributed by atoms with Crippen molar-refractivity contribution in [3.63, 3.8) is 0 Å². The molecule has 108 valence electrons. The van der Waals surface area contributed by atoms with Crippen LogP contribution < -0.4 is 0 Å². The molecule has 0 radical (unpaired) electrons. The average Bonchev–Trinajstić information content (AvgIpc) is 2.99. The normalized spacial score (nSPS) is 17.1. The number of fused-ring (bicyclic) bond motifs is 2. The molecule has 0 amide bonds. The van der Waals surface area contributed by atoms with Crippen molar-refractivity contribution in [3.8, 4) is 11.4 Å². The Kier molecular flexibility index (Phi) is 2.56. The van der Waals surface area contributed by atoms with Gasteiger partial charge in [-0.2, -0.15) is 5.10 Å². The van der Waals surface area contributed by atoms with Crippen LogP contribution in [0, 0.1) is 12.3 Å². The fourth-order valence-electron chi connectivity index (χ4n) is 3.44. The summed E-state index contributed by atoms with van der Waals surface area (Å²) in [6.07, 6.45) is 3.43. The van der Waals surface area contributed by atoms with Crippen LogP contribution in [-0.4, -0.2) is 15.2 Å². The van der Waals surface area contributed by atoms with E-state index < -0.39 is 0 Å². The van der Waals surface area contributed by atoms with Crippen molar-refractivity contribution < 1.29 is 0 Å². The second-order valence-corrected chi connectivity index (χ2v) is 7.14. The zero-order chi connectivity index (χ0) is 14.6. The van der Waals surface area contributed by atoms with Crippen LogP contribution in [0.2, 0.25) is 0 Å². The molecule has 4 rings (SSSR count). The molecule has 0 unspecified atom stereocenters. The molecule has 0 saturated heterocycles. The van der Waals surface area contributed by atoms with Crippen LogP contribution in [0.15, 0.2) is 24.3 Å². The summed E-state index contributed by atoms with van der Waals surface area (Å²) in [4.78, 5) is 3.53. The summed E-state index contributed by atoms with van der Waals surface area (Å²) in [5.41, 5.74) is 7.81. The van der Waals surface area contributed by atoms with E-state index in [2.05, 4.69) is 60.2 Å². The third kappa shape index (κ3) is 2.08. The van der Waals surface area contributed by atoms with Crippen molar-refractivity contribution in [2.75, 3.05) is 0 Å². The second-order valence-electron chi connectivity index (χ2n) is 7.14. The number of benzene rings is 1. The molecule has 3 aromatic rings. The molecule has 21 heavy (non-hydrogen) atoms. The Morgan fingerprint density at radius 1 is 1.19 bits per heavy atom. The number of aryl methyl sites for hydroxylation is 1. The van der Waals surface area contributed by atoms with Gasteiger partial charge in [0, 0.05) is 22.2 Å². The first-order valence-electron chi connectivity index (χ1n) is 7.68. The van der Waals surface area contributed by atoms with E-state index >= 15 is 0 Å². The molecule has 1 aliphatic carbocycles. The number of rotatable bonds is 1. The molecular formula is C18H21N3. The SMILES string of the molecule is Cc1ccc2cc(-c3n[nH]c4c3CCC(C)(C)C4)[nH]c2c1. The number of aromatic amines is 2. The molecule has 1 aromatic carbocycles. The monoisotopic (exact) mass is 279 g/mol. The van der Waals surface area contributed by atoms with E-state index in [1.165, 1.54) is 34.1 Å². The molecular weight excluding hydrogens is 258 g/mol. The van der Waals surface area contributed by atoms with Gasteiger partial charge in [0.25, 0.3) is 0 Å². The van der Waals surface area contributed by atoms with E-state index in [9.17, 15) is 0 Å². The molecule has 0 saturated carbocycles. The molecule has 0 spiro atoms. The van der Waals surface area contributed by atoms with Crippen molar-refractivity contribution in [2.24, 2.45) is 5.41 Å². The van der Waals surface area contributed by atoms with Gasteiger partial charge in [-0.1, -0.05) is 26.0 Å². The summed E-state index contributed by atoms with van der Waals surface area (Å²) in [6.45, 7) is 6.79. The van der Waals surface area contributed by atoms with Crippen molar-refractivity contribution in [1.29, 1.82) is 0 Å². The Morgan fingerprint density at radius 3 is 2.90 bits per heavy atom. The molecule has 0 bridgehead atoms. The first-order valence-corrected chi connectivity index (χ1v) is 7.68. The molecule has 0 atom stereocenters. The topological polar surface area (TPSA) is 44.5 Å². The third-order valence-electron chi connectivity index (χ3n) is 4.69. The Morgan fingerprint density at radius 2 is 2.05 bits per heavy atom. The summed E-state index contributed by atoms with van der Waals surface area (Å²) in [5, 5.41) is 9.11. The highest BCUT2D eigenvalue weighted by molar-refractivity contribution is 5.86. The Bertz CT molecular complexity index is 820. The lowest BCUT2D eigenvalue weighted by Gasteiger charge is -2.28. The van der Waals surface area contributed by atoms with Crippen LogP contribution in [0.4, 0.5) is 0 Å². The average molecular weight is 279 g/mol. The highest BCUT2D eigenvalue weighted by Gasteiger charge is 2.29. The quantitative estimate of drug-likeness (QED) is 0.682. The van der Waals surface area contributed by atoms with Gasteiger partial charge in [0.2, 0.25) is 0 Å². The minimum absolute atomic E-state index is 0.383. The van der Waals surface area contributed by atoms with Crippen LogP contribution in [0.3, 0.4) is 0 Å². The predicted molar refractivity (Wildman–Crippen MR) is 86.4 cm³/mol. The van der Waals surface area contributed by atoms with Gasteiger partial charge in [-0.05, 0) is 49.3 Å². The number of nitrogens with zero attached hydrogens (tertiary/aromatic N) is 1. The fourth-order valence-corrected chi connectivity index (χ4v) is 3.44. The van der Waals surface area contributed by atoms with E-state index in [1.807, 2.05) is 0 Å². The van der Waals surface area contributed by atoms with Crippen LogP contribution in [0.25, 0.3) is 22.3 Å². The van der Waals surface area contributed by atoms with E-state index in [-0.39, 0.29) is 0 Å². The summed E-state index contributed by atoms with van der Waals surface area (Å²) in [6, 6.07) is 8.74. The minimum Gasteiger partial charge on any atom is -0.353 e. The lowest BCUT2D eigenvalue weighted by molar-refractivity contribution is 0.312. The summed E-state index contributed by atoms with van der Waals surface area (Å²) in [7, 11) is 0. The van der Waals surface area contributed by atoms with Crippen molar-refractivity contribution in [2.45, 2.75) is 40.0 Å². The molecule has 3 nitrogen and oxygen atoms in total.